The summed E-state index contributed by atoms with van der Waals surface area (Å²) in [4.78, 5) is 27.0. The van der Waals surface area contributed by atoms with Gasteiger partial charge in [-0.3, -0.25) is 9.59 Å². The van der Waals surface area contributed by atoms with Crippen LogP contribution in [0.2, 0.25) is 0 Å². The Labute approximate surface area is 185 Å². The van der Waals surface area contributed by atoms with Gasteiger partial charge in [-0.05, 0) is 61.1 Å². The minimum Gasteiger partial charge on any atom is -0.497 e. The van der Waals surface area contributed by atoms with Crippen LogP contribution in [0.15, 0.2) is 42.5 Å². The topological polar surface area (TPSA) is 84.4 Å². The minimum absolute atomic E-state index is 0.0242. The summed E-state index contributed by atoms with van der Waals surface area (Å²) in [6.07, 6.45) is 2.97. The van der Waals surface area contributed by atoms with Gasteiger partial charge in [0.15, 0.2) is 0 Å². The SMILES string of the molecule is COc1cccc(CCNC(=O)CC2CCN(C(=O)c3ccc4nsnc4c3)CC2)c1. The third kappa shape index (κ3) is 5.38. The van der Waals surface area contributed by atoms with Gasteiger partial charge in [0.2, 0.25) is 5.91 Å². The Hall–Kier alpha value is -3.00. The van der Waals surface area contributed by atoms with Gasteiger partial charge in [0.25, 0.3) is 5.91 Å². The largest absolute Gasteiger partial charge is 0.497 e. The van der Waals surface area contributed by atoms with E-state index in [0.29, 0.717) is 37.5 Å². The number of carbonyl (C=O) groups excluding carboxylic acids is 2. The normalized spacial score (nSPS) is 14.5. The smallest absolute Gasteiger partial charge is 0.253 e. The number of piperidine rings is 1. The number of ether oxygens (including phenoxy) is 1. The molecule has 0 atom stereocenters. The van der Waals surface area contributed by atoms with Crippen LogP contribution < -0.4 is 10.1 Å². The van der Waals surface area contributed by atoms with Crippen LogP contribution in [0.4, 0.5) is 0 Å². The summed E-state index contributed by atoms with van der Waals surface area (Å²) in [5.41, 5.74) is 3.36. The lowest BCUT2D eigenvalue weighted by atomic mass is 9.92. The molecule has 0 aliphatic carbocycles. The first kappa shape index (κ1) is 21.2. The molecule has 8 heteroatoms. The van der Waals surface area contributed by atoms with Crippen molar-refractivity contribution in [3.8, 4) is 5.75 Å². The molecule has 2 heterocycles. The van der Waals surface area contributed by atoms with Crippen molar-refractivity contribution < 1.29 is 14.3 Å². The molecule has 1 fully saturated rings. The molecular formula is C23H26N4O3S. The van der Waals surface area contributed by atoms with E-state index in [9.17, 15) is 9.59 Å². The summed E-state index contributed by atoms with van der Waals surface area (Å²) in [5.74, 6) is 1.24. The summed E-state index contributed by atoms with van der Waals surface area (Å²) in [7, 11) is 1.65. The van der Waals surface area contributed by atoms with Crippen molar-refractivity contribution in [2.75, 3.05) is 26.7 Å². The lowest BCUT2D eigenvalue weighted by molar-refractivity contribution is -0.122. The molecule has 0 spiro atoms. The first-order valence-corrected chi connectivity index (χ1v) is 11.3. The first-order chi connectivity index (χ1) is 15.1. The summed E-state index contributed by atoms with van der Waals surface area (Å²) in [6, 6.07) is 13.3. The predicted octanol–water partition coefficient (Wildman–Crippen LogP) is 3.30. The quantitative estimate of drug-likeness (QED) is 0.612. The minimum atomic E-state index is 0.0242. The number of rotatable bonds is 7. The zero-order valence-corrected chi connectivity index (χ0v) is 18.4. The molecule has 1 saturated heterocycles. The standard InChI is InChI=1S/C23H26N4O3S/c1-30-19-4-2-3-16(13-19)7-10-24-22(28)14-17-8-11-27(12-9-17)23(29)18-5-6-20-21(15-18)26-31-25-20/h2-6,13,15,17H,7-12,14H2,1H3,(H,24,28). The molecule has 1 aromatic heterocycles. The Kier molecular flexibility index (Phi) is 6.76. The van der Waals surface area contributed by atoms with E-state index >= 15 is 0 Å². The van der Waals surface area contributed by atoms with E-state index in [1.54, 1.807) is 7.11 Å². The number of hydrogen-bond donors (Lipinski definition) is 1. The maximum Gasteiger partial charge on any atom is 0.253 e. The van der Waals surface area contributed by atoms with Crippen LogP contribution in [0, 0.1) is 5.92 Å². The van der Waals surface area contributed by atoms with Gasteiger partial charge in [-0.25, -0.2) is 0 Å². The van der Waals surface area contributed by atoms with Crippen molar-refractivity contribution in [1.82, 2.24) is 19.0 Å². The van der Waals surface area contributed by atoms with Gasteiger partial charge >= 0.3 is 0 Å². The zero-order chi connectivity index (χ0) is 21.6. The summed E-state index contributed by atoms with van der Waals surface area (Å²) in [6.45, 7) is 1.96. The van der Waals surface area contributed by atoms with Crippen molar-refractivity contribution >= 4 is 34.6 Å². The highest BCUT2D eigenvalue weighted by molar-refractivity contribution is 7.00. The van der Waals surface area contributed by atoms with E-state index < -0.39 is 0 Å². The number of likely N-dealkylation sites (tertiary alicyclic amines) is 1. The highest BCUT2D eigenvalue weighted by Gasteiger charge is 2.25. The Morgan fingerprint density at radius 1 is 1.13 bits per heavy atom. The Bertz CT molecular complexity index is 1060. The molecule has 0 saturated carbocycles. The van der Waals surface area contributed by atoms with Gasteiger partial charge < -0.3 is 15.0 Å². The molecule has 3 aromatic rings. The van der Waals surface area contributed by atoms with E-state index in [4.69, 9.17) is 4.74 Å². The maximum absolute atomic E-state index is 12.8. The second kappa shape index (κ2) is 9.87. The number of hydrogen-bond acceptors (Lipinski definition) is 6. The molecule has 162 valence electrons. The number of benzene rings is 2. The van der Waals surface area contributed by atoms with E-state index in [0.717, 1.165) is 53.3 Å². The van der Waals surface area contributed by atoms with Crippen LogP contribution in [-0.2, 0) is 11.2 Å². The number of aromatic nitrogens is 2. The molecule has 4 rings (SSSR count). The second-order valence-electron chi connectivity index (χ2n) is 7.86. The molecule has 0 radical (unpaired) electrons. The second-order valence-corrected chi connectivity index (χ2v) is 8.39. The van der Waals surface area contributed by atoms with Crippen molar-refractivity contribution in [2.24, 2.45) is 5.92 Å². The molecule has 1 N–H and O–H groups in total. The fourth-order valence-corrected chi connectivity index (χ4v) is 4.46. The number of nitrogens with zero attached hydrogens (tertiary/aromatic N) is 3. The average Bonchev–Trinajstić information content (AvgIpc) is 3.27. The molecule has 2 aromatic carbocycles. The number of fused-ring (bicyclic) bond motifs is 1. The van der Waals surface area contributed by atoms with Crippen LogP contribution in [0.25, 0.3) is 11.0 Å². The first-order valence-electron chi connectivity index (χ1n) is 10.5. The lowest BCUT2D eigenvalue weighted by Gasteiger charge is -2.31. The monoisotopic (exact) mass is 438 g/mol. The lowest BCUT2D eigenvalue weighted by Crippen LogP contribution is -2.39. The Morgan fingerprint density at radius 2 is 1.94 bits per heavy atom. The number of nitrogens with one attached hydrogen (secondary N) is 1. The maximum atomic E-state index is 12.8. The fraction of sp³-hybridized carbons (Fsp3) is 0.391. The third-order valence-corrected chi connectivity index (χ3v) is 6.30. The Balaban J connectivity index is 1.20. The van der Waals surface area contributed by atoms with E-state index in [1.807, 2.05) is 47.4 Å². The highest BCUT2D eigenvalue weighted by atomic mass is 32.1. The average molecular weight is 439 g/mol. The van der Waals surface area contributed by atoms with Crippen molar-refractivity contribution in [2.45, 2.75) is 25.7 Å². The fourth-order valence-electron chi connectivity index (χ4n) is 3.95. The summed E-state index contributed by atoms with van der Waals surface area (Å²) >= 11 is 1.15. The molecule has 7 nitrogen and oxygen atoms in total. The van der Waals surface area contributed by atoms with Crippen molar-refractivity contribution in [3.63, 3.8) is 0 Å². The van der Waals surface area contributed by atoms with Crippen LogP contribution in [0.3, 0.4) is 0 Å². The predicted molar refractivity (Wildman–Crippen MR) is 120 cm³/mol. The third-order valence-electron chi connectivity index (χ3n) is 5.75. The zero-order valence-electron chi connectivity index (χ0n) is 17.5. The van der Waals surface area contributed by atoms with E-state index in [-0.39, 0.29) is 11.8 Å². The molecule has 0 bridgehead atoms. The Morgan fingerprint density at radius 3 is 2.74 bits per heavy atom. The van der Waals surface area contributed by atoms with Gasteiger partial charge in [-0.1, -0.05) is 12.1 Å². The molecule has 1 aliphatic heterocycles. The van der Waals surface area contributed by atoms with Crippen LogP contribution in [0.5, 0.6) is 5.75 Å². The molecule has 0 unspecified atom stereocenters. The van der Waals surface area contributed by atoms with Crippen LogP contribution in [-0.4, -0.2) is 52.2 Å². The number of amides is 2. The molecular weight excluding hydrogens is 412 g/mol. The van der Waals surface area contributed by atoms with E-state index in [1.165, 1.54) is 0 Å². The molecule has 31 heavy (non-hydrogen) atoms. The van der Waals surface area contributed by atoms with Gasteiger partial charge in [0.05, 0.1) is 18.8 Å². The van der Waals surface area contributed by atoms with Gasteiger partial charge in [-0.2, -0.15) is 8.75 Å². The molecule has 1 aliphatic rings. The number of carbonyl (C=O) groups is 2. The number of methoxy groups -OCH3 is 1. The van der Waals surface area contributed by atoms with Crippen molar-refractivity contribution in [1.29, 1.82) is 0 Å². The summed E-state index contributed by atoms with van der Waals surface area (Å²) in [5, 5.41) is 3.02. The highest BCUT2D eigenvalue weighted by Crippen LogP contribution is 2.23. The van der Waals surface area contributed by atoms with Crippen molar-refractivity contribution in [3.05, 3.63) is 53.6 Å². The van der Waals surface area contributed by atoms with Gasteiger partial charge in [0.1, 0.15) is 16.8 Å². The van der Waals surface area contributed by atoms with Gasteiger partial charge in [0, 0.05) is 31.6 Å². The van der Waals surface area contributed by atoms with Crippen LogP contribution >= 0.6 is 11.7 Å². The van der Waals surface area contributed by atoms with Crippen LogP contribution in [0.1, 0.15) is 35.2 Å². The summed E-state index contributed by atoms with van der Waals surface area (Å²) < 4.78 is 13.6. The molecule has 2 amide bonds. The van der Waals surface area contributed by atoms with Gasteiger partial charge in [-0.15, -0.1) is 0 Å². The van der Waals surface area contributed by atoms with E-state index in [2.05, 4.69) is 14.1 Å².